The molecule has 0 bridgehead atoms. The molecule has 0 amide bonds. The van der Waals surface area contributed by atoms with Gasteiger partial charge in [-0.2, -0.15) is 4.98 Å². The van der Waals surface area contributed by atoms with E-state index >= 15 is 0 Å². The van der Waals surface area contributed by atoms with Gasteiger partial charge >= 0.3 is 6.01 Å². The topological polar surface area (TPSA) is 61.9 Å². The Bertz CT molecular complexity index is 570. The lowest BCUT2D eigenvalue weighted by molar-refractivity contribution is 0.278. The molecule has 2 aromatic rings. The van der Waals surface area contributed by atoms with Crippen LogP contribution in [-0.4, -0.2) is 25.7 Å². The maximum atomic E-state index is 12.0. The van der Waals surface area contributed by atoms with E-state index in [4.69, 9.17) is 4.74 Å². The first kappa shape index (κ1) is 10.7. The van der Waals surface area contributed by atoms with Crippen LogP contribution in [0.15, 0.2) is 11.1 Å². The Balaban J connectivity index is 2.61. The van der Waals surface area contributed by atoms with E-state index in [2.05, 4.69) is 9.97 Å². The Morgan fingerprint density at radius 3 is 2.88 bits per heavy atom. The smallest absolute Gasteiger partial charge is 0.301 e. The second-order valence-electron chi connectivity index (χ2n) is 3.63. The Morgan fingerprint density at radius 2 is 2.19 bits per heavy atom. The van der Waals surface area contributed by atoms with Crippen LogP contribution in [0.4, 0.5) is 0 Å². The molecule has 2 heterocycles. The zero-order valence-electron chi connectivity index (χ0n) is 9.60. The lowest BCUT2D eigenvalue weighted by Gasteiger charge is -2.07. The number of hydrogen-bond donors (Lipinski definition) is 0. The van der Waals surface area contributed by atoms with Crippen molar-refractivity contribution < 1.29 is 4.74 Å². The Hall–Kier alpha value is -1.85. The summed E-state index contributed by atoms with van der Waals surface area (Å²) in [4.78, 5) is 20.2. The Labute approximate surface area is 92.5 Å². The molecule has 0 N–H and O–H groups in total. The average Bonchev–Trinajstić information content (AvgIpc) is 2.63. The molecule has 0 aliphatic heterocycles. The van der Waals surface area contributed by atoms with Crippen molar-refractivity contribution in [2.75, 3.05) is 6.61 Å². The lowest BCUT2D eigenvalue weighted by atomic mass is 10.5. The van der Waals surface area contributed by atoms with Gasteiger partial charge in [-0.05, 0) is 6.42 Å². The number of hydrogen-bond acceptors (Lipinski definition) is 4. The lowest BCUT2D eigenvalue weighted by Crippen LogP contribution is -2.22. The van der Waals surface area contributed by atoms with Crippen molar-refractivity contribution in [2.45, 2.75) is 13.3 Å². The van der Waals surface area contributed by atoms with E-state index in [0.717, 1.165) is 6.42 Å². The van der Waals surface area contributed by atoms with E-state index in [-0.39, 0.29) is 5.56 Å². The predicted octanol–water partition coefficient (Wildman–Crippen LogP) is 0.456. The van der Waals surface area contributed by atoms with Gasteiger partial charge in [0.25, 0.3) is 5.56 Å². The maximum absolute atomic E-state index is 12.0. The molecule has 6 nitrogen and oxygen atoms in total. The molecule has 0 atom stereocenters. The third kappa shape index (κ3) is 1.56. The van der Waals surface area contributed by atoms with Crippen molar-refractivity contribution in [2.24, 2.45) is 14.1 Å². The first-order chi connectivity index (χ1) is 7.65. The highest BCUT2D eigenvalue weighted by Crippen LogP contribution is 2.09. The van der Waals surface area contributed by atoms with E-state index < -0.39 is 0 Å². The molecule has 2 rings (SSSR count). The molecule has 0 aromatic carbocycles. The van der Waals surface area contributed by atoms with Crippen molar-refractivity contribution in [1.29, 1.82) is 0 Å². The van der Waals surface area contributed by atoms with Crippen molar-refractivity contribution in [3.63, 3.8) is 0 Å². The zero-order chi connectivity index (χ0) is 11.7. The highest BCUT2D eigenvalue weighted by Gasteiger charge is 2.12. The van der Waals surface area contributed by atoms with Gasteiger partial charge in [0, 0.05) is 14.1 Å². The first-order valence-electron chi connectivity index (χ1n) is 5.16. The van der Waals surface area contributed by atoms with E-state index in [1.807, 2.05) is 6.92 Å². The van der Waals surface area contributed by atoms with Crippen LogP contribution in [0.5, 0.6) is 6.01 Å². The summed E-state index contributed by atoms with van der Waals surface area (Å²) in [5.74, 6) is 0. The van der Waals surface area contributed by atoms with Gasteiger partial charge in [0.05, 0.1) is 12.9 Å². The molecule has 86 valence electrons. The van der Waals surface area contributed by atoms with Gasteiger partial charge in [-0.15, -0.1) is 0 Å². The van der Waals surface area contributed by atoms with Crippen LogP contribution in [-0.2, 0) is 14.1 Å². The van der Waals surface area contributed by atoms with Crippen molar-refractivity contribution in [3.05, 3.63) is 16.7 Å². The summed E-state index contributed by atoms with van der Waals surface area (Å²) >= 11 is 0. The second kappa shape index (κ2) is 3.96. The number of aromatic nitrogens is 4. The molecule has 0 radical (unpaired) electrons. The molecular weight excluding hydrogens is 208 g/mol. The van der Waals surface area contributed by atoms with Gasteiger partial charge in [0.2, 0.25) is 0 Å². The fraction of sp³-hybridized carbons (Fsp3) is 0.500. The average molecular weight is 222 g/mol. The Morgan fingerprint density at radius 1 is 1.44 bits per heavy atom. The van der Waals surface area contributed by atoms with E-state index in [1.165, 1.54) is 4.57 Å². The van der Waals surface area contributed by atoms with Gasteiger partial charge in [-0.25, -0.2) is 4.98 Å². The number of aryl methyl sites for hydroxylation is 1. The maximum Gasteiger partial charge on any atom is 0.301 e. The molecule has 0 aliphatic carbocycles. The molecule has 16 heavy (non-hydrogen) atoms. The normalized spacial score (nSPS) is 10.9. The minimum absolute atomic E-state index is 0.142. The van der Waals surface area contributed by atoms with Gasteiger partial charge in [-0.3, -0.25) is 9.36 Å². The monoisotopic (exact) mass is 222 g/mol. The van der Waals surface area contributed by atoms with Crippen LogP contribution >= 0.6 is 0 Å². The molecule has 6 heteroatoms. The predicted molar refractivity (Wildman–Crippen MR) is 59.5 cm³/mol. The van der Waals surface area contributed by atoms with Crippen LogP contribution < -0.4 is 10.3 Å². The van der Waals surface area contributed by atoms with E-state index in [9.17, 15) is 4.79 Å². The quantitative estimate of drug-likeness (QED) is 0.756. The van der Waals surface area contributed by atoms with Gasteiger partial charge < -0.3 is 9.30 Å². The van der Waals surface area contributed by atoms with Gasteiger partial charge in [0.1, 0.15) is 0 Å². The number of fused-ring (bicyclic) bond motifs is 1. The molecule has 0 spiro atoms. The highest BCUT2D eigenvalue weighted by atomic mass is 16.5. The highest BCUT2D eigenvalue weighted by molar-refractivity contribution is 5.69. The largest absolute Gasteiger partial charge is 0.465 e. The molecule has 0 saturated heterocycles. The van der Waals surface area contributed by atoms with Crippen LogP contribution in [0.25, 0.3) is 11.2 Å². The number of rotatable bonds is 3. The third-order valence-corrected chi connectivity index (χ3v) is 2.35. The standard InChI is InChI=1S/C10H14N4O2/c1-4-5-16-10-12-8-7(9(15)14(10)3)13(2)6-11-8/h6H,4-5H2,1-3H3. The van der Waals surface area contributed by atoms with E-state index in [0.29, 0.717) is 23.8 Å². The van der Waals surface area contributed by atoms with E-state index in [1.54, 1.807) is 25.0 Å². The van der Waals surface area contributed by atoms with Crippen LogP contribution in [0, 0.1) is 0 Å². The first-order valence-corrected chi connectivity index (χ1v) is 5.16. The minimum Gasteiger partial charge on any atom is -0.465 e. The molecule has 0 unspecified atom stereocenters. The Kier molecular flexibility index (Phi) is 2.64. The molecular formula is C10H14N4O2. The van der Waals surface area contributed by atoms with Crippen molar-refractivity contribution >= 4 is 11.2 Å². The fourth-order valence-corrected chi connectivity index (χ4v) is 1.48. The molecule has 0 saturated carbocycles. The summed E-state index contributed by atoms with van der Waals surface area (Å²) < 4.78 is 8.45. The molecule has 0 aliphatic rings. The summed E-state index contributed by atoms with van der Waals surface area (Å²) in [7, 11) is 3.41. The molecule has 0 fully saturated rings. The van der Waals surface area contributed by atoms with Gasteiger partial charge in [-0.1, -0.05) is 6.92 Å². The van der Waals surface area contributed by atoms with Crippen molar-refractivity contribution in [1.82, 2.24) is 19.1 Å². The molecule has 2 aromatic heterocycles. The third-order valence-electron chi connectivity index (χ3n) is 2.35. The number of ether oxygens (including phenoxy) is 1. The summed E-state index contributed by atoms with van der Waals surface area (Å²) in [6.07, 6.45) is 2.44. The zero-order valence-corrected chi connectivity index (χ0v) is 9.60. The second-order valence-corrected chi connectivity index (χ2v) is 3.63. The van der Waals surface area contributed by atoms with Crippen molar-refractivity contribution in [3.8, 4) is 6.01 Å². The minimum atomic E-state index is -0.142. The van der Waals surface area contributed by atoms with Gasteiger partial charge in [0.15, 0.2) is 11.2 Å². The summed E-state index contributed by atoms with van der Waals surface area (Å²) in [6.45, 7) is 2.54. The van der Waals surface area contributed by atoms with Crippen LogP contribution in [0.3, 0.4) is 0 Å². The van der Waals surface area contributed by atoms with Crippen LogP contribution in [0.2, 0.25) is 0 Å². The fourth-order valence-electron chi connectivity index (χ4n) is 1.48. The number of imidazole rings is 1. The summed E-state index contributed by atoms with van der Waals surface area (Å²) in [6, 6.07) is 0.318. The summed E-state index contributed by atoms with van der Waals surface area (Å²) in [5, 5.41) is 0. The van der Waals surface area contributed by atoms with Crippen LogP contribution in [0.1, 0.15) is 13.3 Å². The number of nitrogens with zero attached hydrogens (tertiary/aromatic N) is 4. The SMILES string of the molecule is CCCOc1nc2ncn(C)c2c(=O)n1C. The summed E-state index contributed by atoms with van der Waals surface area (Å²) in [5.41, 5.74) is 0.777.